The summed E-state index contributed by atoms with van der Waals surface area (Å²) in [6.07, 6.45) is 1.48. The first-order chi connectivity index (χ1) is 12.1. The van der Waals surface area contributed by atoms with Crippen molar-refractivity contribution in [3.8, 4) is 0 Å². The molecule has 1 heterocycles. The Hall–Kier alpha value is -2.09. The Morgan fingerprint density at radius 2 is 1.84 bits per heavy atom. The fourth-order valence-electron chi connectivity index (χ4n) is 2.27. The third-order valence-electron chi connectivity index (χ3n) is 3.73. The summed E-state index contributed by atoms with van der Waals surface area (Å²) in [4.78, 5) is 10.6. The summed E-state index contributed by atoms with van der Waals surface area (Å²) in [5.41, 5.74) is 8.58. The fourth-order valence-corrected chi connectivity index (χ4v) is 2.45. The molecule has 0 aliphatic heterocycles. The van der Waals surface area contributed by atoms with Gasteiger partial charge in [-0.15, -0.1) is 0 Å². The highest BCUT2D eigenvalue weighted by Gasteiger charge is 2.15. The van der Waals surface area contributed by atoms with Gasteiger partial charge in [0.15, 0.2) is 11.6 Å². The predicted octanol–water partition coefficient (Wildman–Crippen LogP) is 2.86. The molecule has 0 aliphatic rings. The van der Waals surface area contributed by atoms with Crippen LogP contribution >= 0.6 is 11.6 Å². The van der Waals surface area contributed by atoms with Gasteiger partial charge in [-0.25, -0.2) is 9.97 Å². The lowest BCUT2D eigenvalue weighted by Crippen LogP contribution is -2.32. The summed E-state index contributed by atoms with van der Waals surface area (Å²) in [5.74, 6) is 1.18. The zero-order valence-electron chi connectivity index (χ0n) is 14.8. The second-order valence-electron chi connectivity index (χ2n) is 5.52. The van der Waals surface area contributed by atoms with Crippen LogP contribution < -0.4 is 16.0 Å². The molecular weight excluding hydrogens is 342 g/mol. The molecule has 136 valence electrons. The Morgan fingerprint density at radius 1 is 1.16 bits per heavy atom. The highest BCUT2D eigenvalue weighted by atomic mass is 35.5. The van der Waals surface area contributed by atoms with E-state index < -0.39 is 0 Å². The lowest BCUT2D eigenvalue weighted by Gasteiger charge is -2.25. The van der Waals surface area contributed by atoms with Crippen molar-refractivity contribution in [1.29, 1.82) is 0 Å². The average molecular weight is 366 g/mol. The average Bonchev–Trinajstić information content (AvgIpc) is 2.60. The van der Waals surface area contributed by atoms with Crippen LogP contribution in [-0.4, -0.2) is 50.5 Å². The molecule has 1 aromatic heterocycles. The predicted molar refractivity (Wildman–Crippen MR) is 102 cm³/mol. The normalized spacial score (nSPS) is 10.7. The number of nitrogens with zero attached hydrogens (tertiary/aromatic N) is 3. The van der Waals surface area contributed by atoms with Crippen molar-refractivity contribution in [3.05, 3.63) is 35.1 Å². The van der Waals surface area contributed by atoms with Gasteiger partial charge in [0.1, 0.15) is 12.0 Å². The molecule has 8 heteroatoms. The van der Waals surface area contributed by atoms with E-state index in [4.69, 9.17) is 26.8 Å². The zero-order valence-corrected chi connectivity index (χ0v) is 15.5. The standard InChI is InChI=1S/C17H24ClN5O2/c1-12-4-5-13(10-14(12)18)22-16-15(19)17(21-11-20-16)23(6-8-24-2)7-9-25-3/h4-5,10-11H,6-9,19H2,1-3H3,(H,20,21,22). The molecule has 0 radical (unpaired) electrons. The minimum atomic E-state index is 0.464. The van der Waals surface area contributed by atoms with Gasteiger partial charge in [-0.1, -0.05) is 17.7 Å². The van der Waals surface area contributed by atoms with Crippen molar-refractivity contribution >= 4 is 34.6 Å². The Labute approximate surface area is 153 Å². The van der Waals surface area contributed by atoms with Crippen LogP contribution in [-0.2, 0) is 9.47 Å². The van der Waals surface area contributed by atoms with Crippen molar-refractivity contribution in [3.63, 3.8) is 0 Å². The fraction of sp³-hybridized carbons (Fsp3) is 0.412. The highest BCUT2D eigenvalue weighted by molar-refractivity contribution is 6.31. The second kappa shape index (κ2) is 9.41. The van der Waals surface area contributed by atoms with Crippen LogP contribution in [0.3, 0.4) is 0 Å². The van der Waals surface area contributed by atoms with E-state index in [0.717, 1.165) is 11.3 Å². The molecule has 0 atom stereocenters. The van der Waals surface area contributed by atoms with Gasteiger partial charge in [0.05, 0.1) is 13.2 Å². The van der Waals surface area contributed by atoms with Gasteiger partial charge in [0, 0.05) is 38.0 Å². The van der Waals surface area contributed by atoms with Gasteiger partial charge >= 0.3 is 0 Å². The van der Waals surface area contributed by atoms with Crippen LogP contribution in [0.4, 0.5) is 23.0 Å². The van der Waals surface area contributed by atoms with E-state index >= 15 is 0 Å². The molecule has 0 amide bonds. The number of methoxy groups -OCH3 is 2. The molecule has 0 fully saturated rings. The molecular formula is C17H24ClN5O2. The number of benzene rings is 1. The molecule has 2 rings (SSSR count). The quantitative estimate of drug-likeness (QED) is 0.706. The maximum Gasteiger partial charge on any atom is 0.159 e. The number of rotatable bonds is 9. The topological polar surface area (TPSA) is 85.5 Å². The van der Waals surface area contributed by atoms with Crippen LogP contribution in [0.15, 0.2) is 24.5 Å². The first-order valence-electron chi connectivity index (χ1n) is 7.93. The van der Waals surface area contributed by atoms with Crippen LogP contribution in [0.2, 0.25) is 5.02 Å². The highest BCUT2D eigenvalue weighted by Crippen LogP contribution is 2.29. The number of nitrogens with two attached hydrogens (primary N) is 1. The zero-order chi connectivity index (χ0) is 18.2. The molecule has 2 aromatic rings. The van der Waals surface area contributed by atoms with E-state index in [9.17, 15) is 0 Å². The van der Waals surface area contributed by atoms with Gasteiger partial charge in [-0.2, -0.15) is 0 Å². The van der Waals surface area contributed by atoms with Gasteiger partial charge in [-0.3, -0.25) is 0 Å². The maximum absolute atomic E-state index is 6.30. The molecule has 7 nitrogen and oxygen atoms in total. The Balaban J connectivity index is 2.25. The van der Waals surface area contributed by atoms with Gasteiger partial charge in [0.25, 0.3) is 0 Å². The largest absolute Gasteiger partial charge is 0.393 e. The van der Waals surface area contributed by atoms with Crippen molar-refractivity contribution in [2.45, 2.75) is 6.92 Å². The third kappa shape index (κ3) is 5.19. The molecule has 3 N–H and O–H groups in total. The Morgan fingerprint density at radius 3 is 2.44 bits per heavy atom. The third-order valence-corrected chi connectivity index (χ3v) is 4.13. The van der Waals surface area contributed by atoms with E-state index in [-0.39, 0.29) is 0 Å². The lowest BCUT2D eigenvalue weighted by molar-refractivity contribution is 0.190. The first kappa shape index (κ1) is 19.2. The first-order valence-corrected chi connectivity index (χ1v) is 8.31. The van der Waals surface area contributed by atoms with Crippen LogP contribution in [0.5, 0.6) is 0 Å². The number of nitrogen functional groups attached to an aromatic ring is 1. The van der Waals surface area contributed by atoms with E-state index in [1.165, 1.54) is 6.33 Å². The summed E-state index contributed by atoms with van der Waals surface area (Å²) in [5, 5.41) is 3.88. The monoisotopic (exact) mass is 365 g/mol. The Kier molecular flexibility index (Phi) is 7.24. The van der Waals surface area contributed by atoms with Crippen LogP contribution in [0, 0.1) is 6.92 Å². The number of halogens is 1. The smallest absolute Gasteiger partial charge is 0.159 e. The molecule has 0 unspecified atom stereocenters. The van der Waals surface area contributed by atoms with Crippen LogP contribution in [0.1, 0.15) is 5.56 Å². The molecule has 0 spiro atoms. The van der Waals surface area contributed by atoms with Crippen LogP contribution in [0.25, 0.3) is 0 Å². The summed E-state index contributed by atoms with van der Waals surface area (Å²) < 4.78 is 10.3. The molecule has 0 aliphatic carbocycles. The Bertz CT molecular complexity index is 691. The van der Waals surface area contributed by atoms with Crippen molar-refractivity contribution in [1.82, 2.24) is 9.97 Å². The van der Waals surface area contributed by atoms with Crippen molar-refractivity contribution in [2.24, 2.45) is 0 Å². The van der Waals surface area contributed by atoms with Gasteiger partial charge < -0.3 is 25.4 Å². The van der Waals surface area contributed by atoms with E-state index in [1.807, 2.05) is 30.0 Å². The lowest BCUT2D eigenvalue weighted by atomic mass is 10.2. The van der Waals surface area contributed by atoms with Crippen molar-refractivity contribution < 1.29 is 9.47 Å². The second-order valence-corrected chi connectivity index (χ2v) is 5.93. The molecule has 25 heavy (non-hydrogen) atoms. The van der Waals surface area contributed by atoms with E-state index in [0.29, 0.717) is 48.6 Å². The minimum absolute atomic E-state index is 0.464. The number of anilines is 4. The van der Waals surface area contributed by atoms with E-state index in [2.05, 4.69) is 15.3 Å². The number of ether oxygens (including phenoxy) is 2. The van der Waals surface area contributed by atoms with Crippen molar-refractivity contribution in [2.75, 3.05) is 56.5 Å². The van der Waals surface area contributed by atoms with Gasteiger partial charge in [-0.05, 0) is 24.6 Å². The molecule has 0 saturated heterocycles. The van der Waals surface area contributed by atoms with Gasteiger partial charge in [0.2, 0.25) is 0 Å². The summed E-state index contributed by atoms with van der Waals surface area (Å²) in [6, 6.07) is 5.70. The minimum Gasteiger partial charge on any atom is -0.393 e. The SMILES string of the molecule is COCCN(CCOC)c1ncnc(Nc2ccc(C)c(Cl)c2)c1N. The summed E-state index contributed by atoms with van der Waals surface area (Å²) in [7, 11) is 3.32. The maximum atomic E-state index is 6.30. The number of aromatic nitrogens is 2. The van der Waals surface area contributed by atoms with E-state index in [1.54, 1.807) is 14.2 Å². The summed E-state index contributed by atoms with van der Waals surface area (Å²) >= 11 is 6.18. The number of nitrogens with one attached hydrogen (secondary N) is 1. The number of hydrogen-bond acceptors (Lipinski definition) is 7. The number of aryl methyl sites for hydroxylation is 1. The molecule has 0 bridgehead atoms. The number of hydrogen-bond donors (Lipinski definition) is 2. The molecule has 1 aromatic carbocycles. The summed E-state index contributed by atoms with van der Waals surface area (Å²) in [6.45, 7) is 4.37. The molecule has 0 saturated carbocycles.